The topological polar surface area (TPSA) is 72.6 Å². The van der Waals surface area contributed by atoms with Crippen molar-refractivity contribution in [2.24, 2.45) is 0 Å². The van der Waals surface area contributed by atoms with Crippen molar-refractivity contribution in [3.63, 3.8) is 0 Å². The summed E-state index contributed by atoms with van der Waals surface area (Å²) in [6, 6.07) is 7.47. The minimum absolute atomic E-state index is 0.101. The number of rotatable bonds is 9. The van der Waals surface area contributed by atoms with E-state index >= 15 is 0 Å². The summed E-state index contributed by atoms with van der Waals surface area (Å²) in [5.41, 5.74) is 6.51. The molecule has 7 heteroatoms. The van der Waals surface area contributed by atoms with Crippen LogP contribution in [0, 0.1) is 0 Å². The van der Waals surface area contributed by atoms with Crippen molar-refractivity contribution in [2.45, 2.75) is 11.8 Å². The quantitative estimate of drug-likeness (QED) is 0.554. The zero-order valence-electron chi connectivity index (χ0n) is 11.9. The first-order valence-corrected chi connectivity index (χ1v) is 9.04. The highest BCUT2D eigenvalue weighted by Gasteiger charge is 2.19. The van der Waals surface area contributed by atoms with Gasteiger partial charge in [-0.2, -0.15) is 4.31 Å². The lowest BCUT2D eigenvalue weighted by Crippen LogP contribution is -2.36. The molecule has 0 spiro atoms. The molecule has 1 rings (SSSR count). The molecular weight excluding hydrogens is 296 g/mol. The predicted octanol–water partition coefficient (Wildman–Crippen LogP) is 1.66. The van der Waals surface area contributed by atoms with E-state index in [1.165, 1.54) is 16.1 Å². The number of ether oxygens (including phenoxy) is 1. The molecule has 0 bridgehead atoms. The Morgan fingerprint density at radius 1 is 1.35 bits per heavy atom. The molecule has 0 aliphatic carbocycles. The van der Waals surface area contributed by atoms with Crippen LogP contribution in [0.5, 0.6) is 0 Å². The van der Waals surface area contributed by atoms with E-state index in [1.54, 1.807) is 7.11 Å². The number of para-hydroxylation sites is 1. The van der Waals surface area contributed by atoms with Crippen LogP contribution < -0.4 is 5.73 Å². The second-order valence-corrected chi connectivity index (χ2v) is 7.41. The molecule has 0 amide bonds. The minimum Gasteiger partial charge on any atom is -0.398 e. The van der Waals surface area contributed by atoms with Crippen molar-refractivity contribution in [3.05, 3.63) is 24.3 Å². The second-order valence-electron chi connectivity index (χ2n) is 4.19. The van der Waals surface area contributed by atoms with Crippen LogP contribution in [0.25, 0.3) is 0 Å². The van der Waals surface area contributed by atoms with Crippen molar-refractivity contribution in [2.75, 3.05) is 44.0 Å². The summed E-state index contributed by atoms with van der Waals surface area (Å²) in [6.07, 6.45) is 0. The number of anilines is 1. The fourth-order valence-electron chi connectivity index (χ4n) is 1.69. The highest BCUT2D eigenvalue weighted by Crippen LogP contribution is 2.24. The van der Waals surface area contributed by atoms with E-state index in [4.69, 9.17) is 10.5 Å². The second kappa shape index (κ2) is 8.51. The fraction of sp³-hybridized carbons (Fsp3) is 0.538. The molecule has 1 aromatic carbocycles. The van der Waals surface area contributed by atoms with Crippen molar-refractivity contribution in [1.29, 1.82) is 0 Å². The van der Waals surface area contributed by atoms with Gasteiger partial charge in [0.2, 0.25) is 10.0 Å². The highest BCUT2D eigenvalue weighted by molar-refractivity contribution is 8.00. The molecule has 0 saturated carbocycles. The first-order valence-electron chi connectivity index (χ1n) is 6.45. The van der Waals surface area contributed by atoms with Crippen LogP contribution in [0.4, 0.5) is 5.69 Å². The third-order valence-corrected chi connectivity index (χ3v) is 6.11. The van der Waals surface area contributed by atoms with Crippen LogP contribution >= 0.6 is 11.8 Å². The molecule has 5 nitrogen and oxygen atoms in total. The van der Waals surface area contributed by atoms with Gasteiger partial charge in [0.1, 0.15) is 0 Å². The van der Waals surface area contributed by atoms with E-state index in [-0.39, 0.29) is 5.75 Å². The number of nitrogens with two attached hydrogens (primary N) is 1. The van der Waals surface area contributed by atoms with Crippen LogP contribution in [-0.2, 0) is 14.8 Å². The Morgan fingerprint density at radius 3 is 2.65 bits per heavy atom. The first-order chi connectivity index (χ1) is 9.51. The lowest BCUT2D eigenvalue weighted by atomic mass is 10.3. The molecule has 0 aliphatic heterocycles. The number of hydrogen-bond donors (Lipinski definition) is 1. The molecule has 0 aromatic heterocycles. The maximum absolute atomic E-state index is 12.2. The summed E-state index contributed by atoms with van der Waals surface area (Å²) in [5, 5.41) is 0. The van der Waals surface area contributed by atoms with Crippen molar-refractivity contribution in [3.8, 4) is 0 Å². The molecule has 1 aromatic rings. The molecule has 2 N–H and O–H groups in total. The van der Waals surface area contributed by atoms with Crippen molar-refractivity contribution >= 4 is 27.5 Å². The van der Waals surface area contributed by atoms with Gasteiger partial charge < -0.3 is 10.5 Å². The Balaban J connectivity index is 2.52. The van der Waals surface area contributed by atoms with Gasteiger partial charge >= 0.3 is 0 Å². The highest BCUT2D eigenvalue weighted by atomic mass is 32.2. The summed E-state index contributed by atoms with van der Waals surface area (Å²) in [6.45, 7) is 3.10. The number of hydrogen-bond acceptors (Lipinski definition) is 5. The van der Waals surface area contributed by atoms with Crippen LogP contribution in [0.15, 0.2) is 29.2 Å². The molecule has 0 aliphatic rings. The molecule has 0 radical (unpaired) electrons. The van der Waals surface area contributed by atoms with Gasteiger partial charge in [-0.05, 0) is 12.1 Å². The number of nitrogens with zero attached hydrogens (tertiary/aromatic N) is 1. The van der Waals surface area contributed by atoms with Crippen LogP contribution in [-0.4, -0.2) is 51.0 Å². The zero-order chi connectivity index (χ0) is 15.0. The third kappa shape index (κ3) is 5.32. The number of benzene rings is 1. The van der Waals surface area contributed by atoms with Gasteiger partial charge in [-0.15, -0.1) is 11.8 Å². The van der Waals surface area contributed by atoms with Crippen LogP contribution in [0.3, 0.4) is 0 Å². The number of nitrogen functional groups attached to an aromatic ring is 1. The normalized spacial score (nSPS) is 11.9. The average molecular weight is 318 g/mol. The molecule has 0 fully saturated rings. The van der Waals surface area contributed by atoms with E-state index < -0.39 is 10.0 Å². The van der Waals surface area contributed by atoms with Crippen LogP contribution in [0.2, 0.25) is 0 Å². The van der Waals surface area contributed by atoms with Gasteiger partial charge in [0.05, 0.1) is 12.4 Å². The van der Waals surface area contributed by atoms with Gasteiger partial charge in [0.15, 0.2) is 0 Å². The lowest BCUT2D eigenvalue weighted by molar-refractivity contribution is 0.180. The molecule has 20 heavy (non-hydrogen) atoms. The largest absolute Gasteiger partial charge is 0.398 e. The summed E-state index contributed by atoms with van der Waals surface area (Å²) in [4.78, 5) is 0.919. The van der Waals surface area contributed by atoms with Crippen LogP contribution in [0.1, 0.15) is 6.92 Å². The predicted molar refractivity (Wildman–Crippen MR) is 84.5 cm³/mol. The van der Waals surface area contributed by atoms with E-state index in [1.807, 2.05) is 31.2 Å². The number of sulfonamides is 1. The Hall–Kier alpha value is -0.760. The summed E-state index contributed by atoms with van der Waals surface area (Å²) in [7, 11) is -1.67. The van der Waals surface area contributed by atoms with Gasteiger partial charge in [0, 0.05) is 36.5 Å². The minimum atomic E-state index is -3.24. The molecule has 0 unspecified atom stereocenters. The molecular formula is C13H22N2O3S2. The van der Waals surface area contributed by atoms with E-state index in [9.17, 15) is 8.42 Å². The van der Waals surface area contributed by atoms with Gasteiger partial charge in [-0.25, -0.2) is 8.42 Å². The Bertz CT molecular complexity index is 506. The maximum Gasteiger partial charge on any atom is 0.214 e. The standard InChI is InChI=1S/C13H22N2O3S2/c1-3-15(8-9-18-2)20(16,17)11-10-19-13-7-5-4-6-12(13)14/h4-7H,3,8-11,14H2,1-2H3. The average Bonchev–Trinajstić information content (AvgIpc) is 2.41. The maximum atomic E-state index is 12.2. The summed E-state index contributed by atoms with van der Waals surface area (Å²) >= 11 is 1.46. The Labute approximate surface area is 125 Å². The summed E-state index contributed by atoms with van der Waals surface area (Å²) in [5.74, 6) is 0.587. The smallest absolute Gasteiger partial charge is 0.214 e. The van der Waals surface area contributed by atoms with Crippen molar-refractivity contribution in [1.82, 2.24) is 4.31 Å². The molecule has 0 atom stereocenters. The molecule has 114 valence electrons. The Kier molecular flexibility index (Phi) is 7.36. The van der Waals surface area contributed by atoms with Gasteiger partial charge in [0.25, 0.3) is 0 Å². The van der Waals surface area contributed by atoms with Crippen molar-refractivity contribution < 1.29 is 13.2 Å². The number of methoxy groups -OCH3 is 1. The van der Waals surface area contributed by atoms with E-state index in [0.29, 0.717) is 31.1 Å². The number of likely N-dealkylation sites (N-methyl/N-ethyl adjacent to an activating group) is 1. The first kappa shape index (κ1) is 17.3. The monoisotopic (exact) mass is 318 g/mol. The van der Waals surface area contributed by atoms with Gasteiger partial charge in [-0.3, -0.25) is 0 Å². The van der Waals surface area contributed by atoms with Gasteiger partial charge in [-0.1, -0.05) is 19.1 Å². The fourth-order valence-corrected chi connectivity index (χ4v) is 4.49. The van der Waals surface area contributed by atoms with E-state index in [0.717, 1.165) is 4.90 Å². The molecule has 0 saturated heterocycles. The lowest BCUT2D eigenvalue weighted by Gasteiger charge is -2.19. The molecule has 0 heterocycles. The third-order valence-electron chi connectivity index (χ3n) is 2.81. The SMILES string of the molecule is CCN(CCOC)S(=O)(=O)CCSc1ccccc1N. The zero-order valence-corrected chi connectivity index (χ0v) is 13.5. The number of thioether (sulfide) groups is 1. The Morgan fingerprint density at radius 2 is 2.05 bits per heavy atom. The van der Waals surface area contributed by atoms with E-state index in [2.05, 4.69) is 0 Å². The summed E-state index contributed by atoms with van der Waals surface area (Å²) < 4.78 is 30.7.